The summed E-state index contributed by atoms with van der Waals surface area (Å²) < 4.78 is 1.94. The lowest BCUT2D eigenvalue weighted by Crippen LogP contribution is -2.44. The van der Waals surface area contributed by atoms with Crippen LogP contribution in [0.5, 0.6) is 0 Å². The molecule has 1 aliphatic rings. The number of hydrogen-bond donors (Lipinski definition) is 2. The highest BCUT2D eigenvalue weighted by atomic mass is 32.2. The molecule has 1 saturated heterocycles. The smallest absolute Gasteiger partial charge is 0.326 e. The predicted molar refractivity (Wildman–Crippen MR) is 88.7 cm³/mol. The molecule has 2 rings (SSSR count). The molecule has 1 atom stereocenters. The van der Waals surface area contributed by atoms with Crippen LogP contribution in [0.15, 0.2) is 23.4 Å². The van der Waals surface area contributed by atoms with E-state index in [1.807, 2.05) is 30.1 Å². The van der Waals surface area contributed by atoms with E-state index in [9.17, 15) is 19.5 Å². The third kappa shape index (κ3) is 3.99. The van der Waals surface area contributed by atoms with Gasteiger partial charge in [-0.1, -0.05) is 24.0 Å². The first-order valence-corrected chi connectivity index (χ1v) is 7.85. The molecular formula is C14H14N2O5S2. The van der Waals surface area contributed by atoms with Gasteiger partial charge in [-0.2, -0.15) is 0 Å². The van der Waals surface area contributed by atoms with Gasteiger partial charge in [-0.05, 0) is 24.1 Å². The van der Waals surface area contributed by atoms with E-state index in [-0.39, 0.29) is 17.2 Å². The van der Waals surface area contributed by atoms with Gasteiger partial charge in [0.1, 0.15) is 10.4 Å². The first kappa shape index (κ1) is 17.2. The summed E-state index contributed by atoms with van der Waals surface area (Å²) in [6.07, 6.45) is 4.71. The molecule has 9 heteroatoms. The number of carbonyl (C=O) groups is 3. The van der Waals surface area contributed by atoms with Crippen LogP contribution in [0, 0.1) is 0 Å². The SMILES string of the molecule is Cn1ccc(/C=C2/SC(=S)N([C@H](CCC(=O)O)C(=O)O)C2=O)c1. The standard InChI is InChI=1S/C14H14N2O5S2/c1-15-5-4-8(7-15)6-10-12(19)16(14(22)23-10)9(13(20)21)2-3-11(17)18/h4-7,9H,2-3H2,1H3,(H,17,18)(H,20,21)/b10-6+/t9-/m1/s1. The zero-order valence-corrected chi connectivity index (χ0v) is 13.8. The molecule has 0 aromatic carbocycles. The lowest BCUT2D eigenvalue weighted by atomic mass is 10.1. The van der Waals surface area contributed by atoms with Crippen molar-refractivity contribution >= 4 is 52.2 Å². The van der Waals surface area contributed by atoms with Crippen molar-refractivity contribution < 1.29 is 24.6 Å². The van der Waals surface area contributed by atoms with Crippen LogP contribution in [0.2, 0.25) is 0 Å². The van der Waals surface area contributed by atoms with Crippen molar-refractivity contribution in [2.24, 2.45) is 7.05 Å². The fourth-order valence-corrected chi connectivity index (χ4v) is 3.49. The van der Waals surface area contributed by atoms with Crippen LogP contribution >= 0.6 is 24.0 Å². The molecule has 1 aliphatic heterocycles. The van der Waals surface area contributed by atoms with E-state index in [1.165, 1.54) is 0 Å². The molecule has 1 fully saturated rings. The normalized spacial score (nSPS) is 17.8. The van der Waals surface area contributed by atoms with E-state index in [0.29, 0.717) is 4.91 Å². The van der Waals surface area contributed by atoms with E-state index in [1.54, 1.807) is 6.08 Å². The fourth-order valence-electron chi connectivity index (χ4n) is 2.13. The Bertz CT molecular complexity index is 710. The van der Waals surface area contributed by atoms with Crippen molar-refractivity contribution in [1.82, 2.24) is 9.47 Å². The van der Waals surface area contributed by atoms with E-state index >= 15 is 0 Å². The molecule has 0 bridgehead atoms. The second-order valence-corrected chi connectivity index (χ2v) is 6.62. The monoisotopic (exact) mass is 354 g/mol. The highest BCUT2D eigenvalue weighted by Crippen LogP contribution is 2.34. The van der Waals surface area contributed by atoms with Crippen molar-refractivity contribution in [1.29, 1.82) is 0 Å². The van der Waals surface area contributed by atoms with Crippen LogP contribution in [-0.2, 0) is 21.4 Å². The molecule has 122 valence electrons. The van der Waals surface area contributed by atoms with E-state index in [2.05, 4.69) is 0 Å². The van der Waals surface area contributed by atoms with Gasteiger partial charge in [-0.3, -0.25) is 14.5 Å². The Kier molecular flexibility index (Phi) is 5.22. The molecule has 0 saturated carbocycles. The second kappa shape index (κ2) is 6.97. The van der Waals surface area contributed by atoms with Crippen molar-refractivity contribution in [3.63, 3.8) is 0 Å². The zero-order chi connectivity index (χ0) is 17.1. The number of rotatable bonds is 6. The average molecular weight is 354 g/mol. The first-order valence-electron chi connectivity index (χ1n) is 6.63. The number of carboxylic acids is 2. The largest absolute Gasteiger partial charge is 0.481 e. The molecule has 7 nitrogen and oxygen atoms in total. The van der Waals surface area contributed by atoms with Crippen molar-refractivity contribution in [2.75, 3.05) is 0 Å². The van der Waals surface area contributed by atoms with Gasteiger partial charge in [0, 0.05) is 25.9 Å². The molecule has 23 heavy (non-hydrogen) atoms. The maximum atomic E-state index is 12.4. The van der Waals surface area contributed by atoms with Crippen molar-refractivity contribution in [2.45, 2.75) is 18.9 Å². The molecule has 2 N–H and O–H groups in total. The topological polar surface area (TPSA) is 99.8 Å². The molecule has 1 aromatic heterocycles. The summed E-state index contributed by atoms with van der Waals surface area (Å²) in [4.78, 5) is 35.8. The lowest BCUT2D eigenvalue weighted by Gasteiger charge is -2.22. The summed E-state index contributed by atoms with van der Waals surface area (Å²) in [5.41, 5.74) is 0.797. The first-order chi connectivity index (χ1) is 10.8. The second-order valence-electron chi connectivity index (χ2n) is 4.95. The van der Waals surface area contributed by atoms with Crippen LogP contribution in [-0.4, -0.2) is 47.9 Å². The molecule has 0 radical (unpaired) electrons. The Balaban J connectivity index is 2.24. The summed E-state index contributed by atoms with van der Waals surface area (Å²) in [5, 5.41) is 18.0. The van der Waals surface area contributed by atoms with Crippen LogP contribution in [0.25, 0.3) is 6.08 Å². The highest BCUT2D eigenvalue weighted by molar-refractivity contribution is 8.26. The number of aliphatic carboxylic acids is 2. The van der Waals surface area contributed by atoms with Crippen LogP contribution in [0.1, 0.15) is 18.4 Å². The molecule has 0 spiro atoms. The summed E-state index contributed by atoms with van der Waals surface area (Å²) >= 11 is 6.12. The molecule has 1 aromatic rings. The Morgan fingerprint density at radius 3 is 2.65 bits per heavy atom. The Morgan fingerprint density at radius 1 is 1.43 bits per heavy atom. The summed E-state index contributed by atoms with van der Waals surface area (Å²) in [5.74, 6) is -2.91. The number of thioether (sulfide) groups is 1. The Labute approximate surface area is 141 Å². The van der Waals surface area contributed by atoms with Crippen molar-refractivity contribution in [3.05, 3.63) is 28.9 Å². The number of aryl methyl sites for hydroxylation is 1. The van der Waals surface area contributed by atoms with Gasteiger partial charge in [0.05, 0.1) is 4.91 Å². The minimum atomic E-state index is -1.28. The van der Waals surface area contributed by atoms with Gasteiger partial charge >= 0.3 is 11.9 Å². The summed E-state index contributed by atoms with van der Waals surface area (Å²) in [7, 11) is 1.84. The number of carbonyl (C=O) groups excluding carboxylic acids is 1. The third-order valence-electron chi connectivity index (χ3n) is 3.20. The van der Waals surface area contributed by atoms with Crippen LogP contribution < -0.4 is 0 Å². The van der Waals surface area contributed by atoms with Gasteiger partial charge < -0.3 is 14.8 Å². The number of aromatic nitrogens is 1. The number of hydrogen-bond acceptors (Lipinski definition) is 5. The highest BCUT2D eigenvalue weighted by Gasteiger charge is 2.40. The quantitative estimate of drug-likeness (QED) is 0.590. The van der Waals surface area contributed by atoms with Gasteiger partial charge in [0.15, 0.2) is 0 Å². The fraction of sp³-hybridized carbons (Fsp3) is 0.286. The third-order valence-corrected chi connectivity index (χ3v) is 4.53. The molecule has 0 aliphatic carbocycles. The van der Waals surface area contributed by atoms with Gasteiger partial charge in [0.2, 0.25) is 0 Å². The maximum absolute atomic E-state index is 12.4. The lowest BCUT2D eigenvalue weighted by molar-refractivity contribution is -0.146. The van der Waals surface area contributed by atoms with Crippen LogP contribution in [0.3, 0.4) is 0 Å². The van der Waals surface area contributed by atoms with E-state index < -0.39 is 23.9 Å². The summed E-state index contributed by atoms with van der Waals surface area (Å²) in [6.45, 7) is 0. The molecular weight excluding hydrogens is 340 g/mol. The van der Waals surface area contributed by atoms with E-state index in [4.69, 9.17) is 17.3 Å². The Hall–Kier alpha value is -2.13. The minimum Gasteiger partial charge on any atom is -0.481 e. The number of thiocarbonyl (C=S) groups is 1. The van der Waals surface area contributed by atoms with E-state index in [0.717, 1.165) is 22.2 Å². The van der Waals surface area contributed by atoms with Gasteiger partial charge in [-0.15, -0.1) is 0 Å². The molecule has 0 unspecified atom stereocenters. The zero-order valence-electron chi connectivity index (χ0n) is 12.1. The molecule has 1 amide bonds. The molecule has 2 heterocycles. The Morgan fingerprint density at radius 2 is 2.13 bits per heavy atom. The summed E-state index contributed by atoms with van der Waals surface area (Å²) in [6, 6.07) is 0.534. The minimum absolute atomic E-state index is 0.120. The van der Waals surface area contributed by atoms with Gasteiger partial charge in [-0.25, -0.2) is 4.79 Å². The van der Waals surface area contributed by atoms with Crippen LogP contribution in [0.4, 0.5) is 0 Å². The number of amides is 1. The number of carboxylic acid groups (broad SMARTS) is 2. The average Bonchev–Trinajstić information content (AvgIpc) is 2.96. The number of nitrogens with zero attached hydrogens (tertiary/aromatic N) is 2. The van der Waals surface area contributed by atoms with Crippen molar-refractivity contribution in [3.8, 4) is 0 Å². The predicted octanol–water partition coefficient (Wildman–Crippen LogP) is 1.54. The van der Waals surface area contributed by atoms with Gasteiger partial charge in [0.25, 0.3) is 5.91 Å². The maximum Gasteiger partial charge on any atom is 0.326 e.